The summed E-state index contributed by atoms with van der Waals surface area (Å²) in [4.78, 5) is 19.1. The normalized spacial score (nSPS) is 12.1. The third-order valence-corrected chi connectivity index (χ3v) is 2.25. The average molecular weight is 228 g/mol. The fraction of sp³-hybridized carbons (Fsp3) is 0.500. The van der Waals surface area contributed by atoms with E-state index < -0.39 is 0 Å². The Hall–Kier alpha value is -1.16. The molecule has 1 aromatic heterocycles. The van der Waals surface area contributed by atoms with Crippen molar-refractivity contribution in [3.8, 4) is 0 Å². The van der Waals surface area contributed by atoms with Gasteiger partial charge in [0.25, 0.3) is 5.91 Å². The largest absolute Gasteiger partial charge is 0.352 e. The fourth-order valence-corrected chi connectivity index (χ4v) is 1.45. The SMILES string of the molecule is CC(CCCl)CNC(=O)c1cncnc1. The zero-order chi connectivity index (χ0) is 11.1. The van der Waals surface area contributed by atoms with Crippen molar-refractivity contribution in [2.24, 2.45) is 5.92 Å². The van der Waals surface area contributed by atoms with Crippen LogP contribution in [0.4, 0.5) is 0 Å². The standard InChI is InChI=1S/C10H14ClN3O/c1-8(2-3-11)4-14-10(15)9-5-12-7-13-6-9/h5-8H,2-4H2,1H3,(H,14,15). The molecule has 0 aromatic carbocycles. The number of nitrogens with zero attached hydrogens (tertiary/aromatic N) is 2. The van der Waals surface area contributed by atoms with Crippen molar-refractivity contribution >= 4 is 17.5 Å². The third-order valence-electron chi connectivity index (χ3n) is 2.04. The molecule has 0 aliphatic rings. The van der Waals surface area contributed by atoms with E-state index in [1.165, 1.54) is 18.7 Å². The summed E-state index contributed by atoms with van der Waals surface area (Å²) in [5.41, 5.74) is 0.482. The van der Waals surface area contributed by atoms with E-state index >= 15 is 0 Å². The topological polar surface area (TPSA) is 54.9 Å². The van der Waals surface area contributed by atoms with Gasteiger partial charge < -0.3 is 5.32 Å². The van der Waals surface area contributed by atoms with E-state index in [4.69, 9.17) is 11.6 Å². The molecular weight excluding hydrogens is 214 g/mol. The number of rotatable bonds is 5. The summed E-state index contributed by atoms with van der Waals surface area (Å²) in [6.45, 7) is 2.67. The maximum atomic E-state index is 11.5. The lowest BCUT2D eigenvalue weighted by Gasteiger charge is -2.10. The minimum Gasteiger partial charge on any atom is -0.352 e. The molecule has 1 heterocycles. The molecule has 0 radical (unpaired) electrons. The first-order valence-electron chi connectivity index (χ1n) is 4.83. The van der Waals surface area contributed by atoms with E-state index in [9.17, 15) is 4.79 Å². The summed E-state index contributed by atoms with van der Waals surface area (Å²) in [6, 6.07) is 0. The lowest BCUT2D eigenvalue weighted by Crippen LogP contribution is -2.28. The molecule has 4 nitrogen and oxygen atoms in total. The van der Waals surface area contributed by atoms with Gasteiger partial charge in [0.2, 0.25) is 0 Å². The van der Waals surface area contributed by atoms with E-state index in [0.717, 1.165) is 6.42 Å². The van der Waals surface area contributed by atoms with E-state index in [-0.39, 0.29) is 5.91 Å². The summed E-state index contributed by atoms with van der Waals surface area (Å²) >= 11 is 5.60. The van der Waals surface area contributed by atoms with Crippen molar-refractivity contribution in [1.82, 2.24) is 15.3 Å². The first-order valence-corrected chi connectivity index (χ1v) is 5.36. The molecule has 0 saturated heterocycles. The molecule has 1 atom stereocenters. The molecular formula is C10H14ClN3O. The Kier molecular flexibility index (Phi) is 5.04. The quantitative estimate of drug-likeness (QED) is 0.776. The van der Waals surface area contributed by atoms with Crippen LogP contribution < -0.4 is 5.32 Å². The predicted octanol–water partition coefficient (Wildman–Crippen LogP) is 1.47. The summed E-state index contributed by atoms with van der Waals surface area (Å²) < 4.78 is 0. The van der Waals surface area contributed by atoms with Gasteiger partial charge in [0.1, 0.15) is 6.33 Å². The van der Waals surface area contributed by atoms with Gasteiger partial charge in [-0.15, -0.1) is 11.6 Å². The van der Waals surface area contributed by atoms with Crippen LogP contribution in [0.1, 0.15) is 23.7 Å². The summed E-state index contributed by atoms with van der Waals surface area (Å²) in [6.07, 6.45) is 5.28. The van der Waals surface area contributed by atoms with Crippen LogP contribution in [0, 0.1) is 5.92 Å². The Bertz CT molecular complexity index is 305. The molecule has 1 N–H and O–H groups in total. The number of nitrogens with one attached hydrogen (secondary N) is 1. The highest BCUT2D eigenvalue weighted by molar-refractivity contribution is 6.17. The number of carbonyl (C=O) groups is 1. The van der Waals surface area contributed by atoms with Crippen LogP contribution in [0.15, 0.2) is 18.7 Å². The molecule has 0 bridgehead atoms. The van der Waals surface area contributed by atoms with E-state index in [0.29, 0.717) is 23.9 Å². The smallest absolute Gasteiger partial charge is 0.254 e. The van der Waals surface area contributed by atoms with Crippen LogP contribution >= 0.6 is 11.6 Å². The minimum atomic E-state index is -0.142. The lowest BCUT2D eigenvalue weighted by atomic mass is 10.1. The second-order valence-corrected chi connectivity index (χ2v) is 3.80. The van der Waals surface area contributed by atoms with Gasteiger partial charge in [-0.2, -0.15) is 0 Å². The Balaban J connectivity index is 2.37. The lowest BCUT2D eigenvalue weighted by molar-refractivity contribution is 0.0947. The monoisotopic (exact) mass is 227 g/mol. The van der Waals surface area contributed by atoms with Gasteiger partial charge in [-0.05, 0) is 12.3 Å². The second-order valence-electron chi connectivity index (χ2n) is 3.42. The number of halogens is 1. The van der Waals surface area contributed by atoms with Gasteiger partial charge >= 0.3 is 0 Å². The summed E-state index contributed by atoms with van der Waals surface area (Å²) in [5.74, 6) is 0.860. The summed E-state index contributed by atoms with van der Waals surface area (Å²) in [5, 5.41) is 2.81. The molecule has 1 amide bonds. The van der Waals surface area contributed by atoms with Crippen molar-refractivity contribution in [2.45, 2.75) is 13.3 Å². The molecule has 0 aliphatic carbocycles. The van der Waals surface area contributed by atoms with Crippen LogP contribution in [0.3, 0.4) is 0 Å². The number of amides is 1. The van der Waals surface area contributed by atoms with Crippen LogP contribution in [0.2, 0.25) is 0 Å². The zero-order valence-corrected chi connectivity index (χ0v) is 9.37. The van der Waals surface area contributed by atoms with Crippen molar-refractivity contribution in [3.63, 3.8) is 0 Å². The zero-order valence-electron chi connectivity index (χ0n) is 8.61. The summed E-state index contributed by atoms with van der Waals surface area (Å²) in [7, 11) is 0. The van der Waals surface area contributed by atoms with Crippen LogP contribution in [-0.2, 0) is 0 Å². The van der Waals surface area contributed by atoms with Gasteiger partial charge in [-0.3, -0.25) is 4.79 Å². The molecule has 1 rings (SSSR count). The van der Waals surface area contributed by atoms with Gasteiger partial charge in [0.15, 0.2) is 0 Å². The van der Waals surface area contributed by atoms with Crippen LogP contribution in [0.5, 0.6) is 0 Å². The van der Waals surface area contributed by atoms with Gasteiger partial charge in [0.05, 0.1) is 5.56 Å². The predicted molar refractivity (Wildman–Crippen MR) is 58.9 cm³/mol. The second kappa shape index (κ2) is 6.35. The fourth-order valence-electron chi connectivity index (χ4n) is 1.07. The molecule has 1 aromatic rings. The number of hydrogen-bond acceptors (Lipinski definition) is 3. The third kappa shape index (κ3) is 4.25. The maximum Gasteiger partial charge on any atom is 0.254 e. The molecule has 5 heteroatoms. The number of carbonyl (C=O) groups excluding carboxylic acids is 1. The Morgan fingerprint density at radius 1 is 1.53 bits per heavy atom. The maximum absolute atomic E-state index is 11.5. The van der Waals surface area contributed by atoms with Crippen LogP contribution in [-0.4, -0.2) is 28.3 Å². The van der Waals surface area contributed by atoms with E-state index in [1.807, 2.05) is 6.92 Å². The highest BCUT2D eigenvalue weighted by Crippen LogP contribution is 2.02. The molecule has 0 fully saturated rings. The van der Waals surface area contributed by atoms with Crippen molar-refractivity contribution in [3.05, 3.63) is 24.3 Å². The Morgan fingerprint density at radius 2 is 2.20 bits per heavy atom. The Labute approximate surface area is 94.1 Å². The molecule has 15 heavy (non-hydrogen) atoms. The van der Waals surface area contributed by atoms with Gasteiger partial charge in [-0.1, -0.05) is 6.92 Å². The van der Waals surface area contributed by atoms with E-state index in [2.05, 4.69) is 15.3 Å². The van der Waals surface area contributed by atoms with E-state index in [1.54, 1.807) is 0 Å². The first-order chi connectivity index (χ1) is 7.24. The molecule has 0 aliphatic heterocycles. The number of aromatic nitrogens is 2. The minimum absolute atomic E-state index is 0.142. The number of hydrogen-bond donors (Lipinski definition) is 1. The Morgan fingerprint density at radius 3 is 2.80 bits per heavy atom. The first kappa shape index (κ1) is 11.9. The van der Waals surface area contributed by atoms with Crippen molar-refractivity contribution in [1.29, 1.82) is 0 Å². The molecule has 0 spiro atoms. The van der Waals surface area contributed by atoms with Gasteiger partial charge in [-0.25, -0.2) is 9.97 Å². The van der Waals surface area contributed by atoms with Crippen molar-refractivity contribution < 1.29 is 4.79 Å². The molecule has 82 valence electrons. The molecule has 1 unspecified atom stereocenters. The van der Waals surface area contributed by atoms with Crippen LogP contribution in [0.25, 0.3) is 0 Å². The number of alkyl halides is 1. The van der Waals surface area contributed by atoms with Crippen molar-refractivity contribution in [2.75, 3.05) is 12.4 Å². The molecule has 0 saturated carbocycles. The van der Waals surface area contributed by atoms with Gasteiger partial charge in [0, 0.05) is 24.8 Å². The highest BCUT2D eigenvalue weighted by Gasteiger charge is 2.07. The highest BCUT2D eigenvalue weighted by atomic mass is 35.5. The average Bonchev–Trinajstić information content (AvgIpc) is 2.27.